The highest BCUT2D eigenvalue weighted by molar-refractivity contribution is 7.09. The number of hydrogen-bond acceptors (Lipinski definition) is 5. The van der Waals surface area contributed by atoms with Gasteiger partial charge in [0.15, 0.2) is 5.69 Å². The quantitative estimate of drug-likeness (QED) is 0.568. The van der Waals surface area contributed by atoms with Gasteiger partial charge in [-0.15, -0.1) is 11.3 Å². The number of carbonyl (C=O) groups is 2. The number of methoxy groups -OCH3 is 1. The Bertz CT molecular complexity index is 506. The van der Waals surface area contributed by atoms with Gasteiger partial charge >= 0.3 is 5.97 Å². The summed E-state index contributed by atoms with van der Waals surface area (Å²) in [7, 11) is 1.33. The third-order valence-corrected chi connectivity index (χ3v) is 4.07. The van der Waals surface area contributed by atoms with E-state index in [1.807, 2.05) is 25.7 Å². The van der Waals surface area contributed by atoms with Gasteiger partial charge < -0.3 is 9.64 Å². The summed E-state index contributed by atoms with van der Waals surface area (Å²) in [6.07, 6.45) is 3.19. The number of unbranched alkanes of at least 4 members (excludes halogenated alkanes) is 2. The van der Waals surface area contributed by atoms with Crippen molar-refractivity contribution in [3.63, 3.8) is 0 Å². The van der Waals surface area contributed by atoms with Crippen molar-refractivity contribution in [2.75, 3.05) is 13.7 Å². The van der Waals surface area contributed by atoms with Crippen LogP contribution in [-0.2, 0) is 16.1 Å². The van der Waals surface area contributed by atoms with Gasteiger partial charge in [-0.1, -0.05) is 40.5 Å². The second kappa shape index (κ2) is 8.27. The summed E-state index contributed by atoms with van der Waals surface area (Å²) < 4.78 is 4.66. The Morgan fingerprint density at radius 3 is 2.55 bits per heavy atom. The van der Waals surface area contributed by atoms with Crippen LogP contribution in [0.1, 0.15) is 62.5 Å². The lowest BCUT2D eigenvalue weighted by molar-refractivity contribution is -0.140. The van der Waals surface area contributed by atoms with E-state index in [0.717, 1.165) is 30.8 Å². The normalized spacial score (nSPS) is 11.3. The molecule has 0 fully saturated rings. The van der Waals surface area contributed by atoms with Crippen LogP contribution in [0.15, 0.2) is 5.38 Å². The molecule has 1 heterocycles. The summed E-state index contributed by atoms with van der Waals surface area (Å²) in [5, 5.41) is 2.43. The van der Waals surface area contributed by atoms with Crippen LogP contribution in [-0.4, -0.2) is 35.4 Å². The van der Waals surface area contributed by atoms with E-state index in [1.165, 1.54) is 18.4 Å². The Labute approximate surface area is 136 Å². The first-order valence-corrected chi connectivity index (χ1v) is 8.49. The number of ether oxygens (including phenoxy) is 1. The van der Waals surface area contributed by atoms with Crippen molar-refractivity contribution in [1.29, 1.82) is 0 Å². The summed E-state index contributed by atoms with van der Waals surface area (Å²) >= 11 is 1.38. The minimum absolute atomic E-state index is 0.110. The Hall–Kier alpha value is -1.43. The zero-order chi connectivity index (χ0) is 16.8. The molecule has 1 rings (SSSR count). The molecule has 0 aromatic carbocycles. The predicted octanol–water partition coefficient (Wildman–Crippen LogP) is 3.49. The van der Waals surface area contributed by atoms with E-state index in [4.69, 9.17) is 0 Å². The predicted molar refractivity (Wildman–Crippen MR) is 87.9 cm³/mol. The van der Waals surface area contributed by atoms with Gasteiger partial charge in [-0.2, -0.15) is 0 Å². The second-order valence-corrected chi connectivity index (χ2v) is 7.24. The average molecular weight is 326 g/mol. The first-order valence-electron chi connectivity index (χ1n) is 7.61. The number of carbonyl (C=O) groups excluding carboxylic acids is 2. The minimum atomic E-state index is -0.442. The Morgan fingerprint density at radius 2 is 2.00 bits per heavy atom. The van der Waals surface area contributed by atoms with E-state index in [0.29, 0.717) is 12.2 Å². The van der Waals surface area contributed by atoms with Crippen molar-refractivity contribution in [3.05, 3.63) is 16.1 Å². The molecule has 6 heteroatoms. The lowest BCUT2D eigenvalue weighted by Gasteiger charge is -2.29. The molecule has 0 unspecified atom stereocenters. The summed E-state index contributed by atoms with van der Waals surface area (Å²) in [5.41, 5.74) is -0.117. The highest BCUT2D eigenvalue weighted by Crippen LogP contribution is 2.21. The average Bonchev–Trinajstić information content (AvgIpc) is 2.92. The monoisotopic (exact) mass is 326 g/mol. The molecule has 5 nitrogen and oxygen atoms in total. The van der Waals surface area contributed by atoms with Crippen molar-refractivity contribution >= 4 is 23.2 Å². The van der Waals surface area contributed by atoms with Gasteiger partial charge in [0.05, 0.1) is 13.7 Å². The fraction of sp³-hybridized carbons (Fsp3) is 0.688. The van der Waals surface area contributed by atoms with Gasteiger partial charge in [-0.25, -0.2) is 9.78 Å². The number of hydrogen-bond donors (Lipinski definition) is 0. The maximum atomic E-state index is 12.6. The van der Waals surface area contributed by atoms with E-state index < -0.39 is 11.4 Å². The number of aromatic nitrogens is 1. The number of rotatable bonds is 7. The third-order valence-electron chi connectivity index (χ3n) is 3.23. The van der Waals surface area contributed by atoms with Crippen LogP contribution in [0.3, 0.4) is 0 Å². The van der Waals surface area contributed by atoms with Crippen LogP contribution in [0.5, 0.6) is 0 Å². The fourth-order valence-corrected chi connectivity index (χ4v) is 2.80. The van der Waals surface area contributed by atoms with E-state index >= 15 is 0 Å². The summed E-state index contributed by atoms with van der Waals surface area (Å²) in [5.74, 6) is -0.333. The summed E-state index contributed by atoms with van der Waals surface area (Å²) in [6.45, 7) is 9.07. The fourth-order valence-electron chi connectivity index (χ4n) is 2.02. The van der Waals surface area contributed by atoms with E-state index in [2.05, 4.69) is 16.6 Å². The zero-order valence-electron chi connectivity index (χ0n) is 14.1. The first-order chi connectivity index (χ1) is 10.3. The molecule has 22 heavy (non-hydrogen) atoms. The SMILES string of the molecule is CCCCCN(Cc1nc(C(=O)OC)cs1)C(=O)C(C)(C)C. The lowest BCUT2D eigenvalue weighted by Crippen LogP contribution is -2.39. The Morgan fingerprint density at radius 1 is 1.32 bits per heavy atom. The molecule has 124 valence electrons. The van der Waals surface area contributed by atoms with Crippen LogP contribution < -0.4 is 0 Å². The molecule has 0 radical (unpaired) electrons. The largest absolute Gasteiger partial charge is 0.464 e. The molecule has 1 aromatic heterocycles. The summed E-state index contributed by atoms with van der Waals surface area (Å²) in [6, 6.07) is 0. The highest BCUT2D eigenvalue weighted by Gasteiger charge is 2.27. The number of nitrogens with zero attached hydrogens (tertiary/aromatic N) is 2. The van der Waals surface area contributed by atoms with Crippen molar-refractivity contribution < 1.29 is 14.3 Å². The van der Waals surface area contributed by atoms with Crippen LogP contribution in [0, 0.1) is 5.41 Å². The third kappa shape index (κ3) is 5.40. The molecular weight excluding hydrogens is 300 g/mol. The van der Waals surface area contributed by atoms with Crippen LogP contribution >= 0.6 is 11.3 Å². The van der Waals surface area contributed by atoms with Gasteiger partial charge in [0.1, 0.15) is 5.01 Å². The number of amides is 1. The molecule has 0 aliphatic heterocycles. The Balaban J connectivity index is 2.81. The molecule has 0 bridgehead atoms. The number of thiazole rings is 1. The maximum absolute atomic E-state index is 12.6. The molecule has 1 aromatic rings. The van der Waals surface area contributed by atoms with Crippen molar-refractivity contribution in [2.24, 2.45) is 5.41 Å². The lowest BCUT2D eigenvalue weighted by atomic mass is 9.94. The molecule has 0 saturated carbocycles. The van der Waals surface area contributed by atoms with E-state index in [1.54, 1.807) is 5.38 Å². The minimum Gasteiger partial charge on any atom is -0.464 e. The molecule has 0 spiro atoms. The topological polar surface area (TPSA) is 59.5 Å². The molecule has 0 atom stereocenters. The van der Waals surface area contributed by atoms with E-state index in [-0.39, 0.29) is 5.91 Å². The van der Waals surface area contributed by atoms with Gasteiger partial charge in [-0.3, -0.25) is 4.79 Å². The molecule has 0 aliphatic carbocycles. The van der Waals surface area contributed by atoms with Gasteiger partial charge in [-0.05, 0) is 6.42 Å². The van der Waals surface area contributed by atoms with Gasteiger partial charge in [0.2, 0.25) is 5.91 Å². The molecule has 0 saturated heterocycles. The first kappa shape index (κ1) is 18.6. The highest BCUT2D eigenvalue weighted by atomic mass is 32.1. The molecule has 0 N–H and O–H groups in total. The number of esters is 1. The van der Waals surface area contributed by atoms with Gasteiger partial charge in [0.25, 0.3) is 0 Å². The van der Waals surface area contributed by atoms with Crippen molar-refractivity contribution in [2.45, 2.75) is 53.5 Å². The van der Waals surface area contributed by atoms with Crippen LogP contribution in [0.25, 0.3) is 0 Å². The van der Waals surface area contributed by atoms with Gasteiger partial charge in [0, 0.05) is 17.3 Å². The van der Waals surface area contributed by atoms with Crippen molar-refractivity contribution in [3.8, 4) is 0 Å². The zero-order valence-corrected chi connectivity index (χ0v) is 15.0. The summed E-state index contributed by atoms with van der Waals surface area (Å²) in [4.78, 5) is 30.1. The smallest absolute Gasteiger partial charge is 0.357 e. The van der Waals surface area contributed by atoms with Crippen molar-refractivity contribution in [1.82, 2.24) is 9.88 Å². The second-order valence-electron chi connectivity index (χ2n) is 6.30. The maximum Gasteiger partial charge on any atom is 0.357 e. The van der Waals surface area contributed by atoms with Crippen LogP contribution in [0.2, 0.25) is 0 Å². The molecule has 1 amide bonds. The Kier molecular flexibility index (Phi) is 7.00. The molecular formula is C16H26N2O3S. The standard InChI is InChI=1S/C16H26N2O3S/c1-6-7-8-9-18(15(20)16(2,3)4)10-13-17-12(11-22-13)14(19)21-5/h11H,6-10H2,1-5H3. The molecule has 0 aliphatic rings. The van der Waals surface area contributed by atoms with E-state index in [9.17, 15) is 9.59 Å². The van der Waals surface area contributed by atoms with Crippen LogP contribution in [0.4, 0.5) is 0 Å².